The van der Waals surface area contributed by atoms with Crippen LogP contribution in [0, 0.1) is 41.5 Å². The topological polar surface area (TPSA) is 83.8 Å². The van der Waals surface area contributed by atoms with Gasteiger partial charge in [-0.1, -0.05) is 24.3 Å². The van der Waals surface area contributed by atoms with Crippen LogP contribution in [0.2, 0.25) is 0 Å². The third-order valence-electron chi connectivity index (χ3n) is 5.70. The molecule has 0 saturated heterocycles. The summed E-state index contributed by atoms with van der Waals surface area (Å²) in [6, 6.07) is 13.9. The van der Waals surface area contributed by atoms with Crippen molar-refractivity contribution in [1.82, 2.24) is 9.99 Å². The molecule has 0 fully saturated rings. The maximum atomic E-state index is 12.6. The third kappa shape index (κ3) is 5.56. The molecule has 0 spiro atoms. The molecule has 3 rings (SSSR count). The van der Waals surface area contributed by atoms with Gasteiger partial charge in [0.25, 0.3) is 5.91 Å². The SMILES string of the molecule is Cc1cc(C)cc(-n2c(C)cc(/C=N/NC(=O)CN(c3c(C)cccc3C)S(C)(=O)=O)c2C)c1. The predicted molar refractivity (Wildman–Crippen MR) is 139 cm³/mol. The quantitative estimate of drug-likeness (QED) is 0.405. The number of hydrazone groups is 1. The molecule has 1 N–H and O–H groups in total. The molecule has 0 aliphatic carbocycles. The fourth-order valence-corrected chi connectivity index (χ4v) is 5.27. The molecule has 1 aromatic heterocycles. The predicted octanol–water partition coefficient (Wildman–Crippen LogP) is 4.24. The Morgan fingerprint density at radius 2 is 1.59 bits per heavy atom. The number of carbonyl (C=O) groups is 1. The lowest BCUT2D eigenvalue weighted by atomic mass is 10.1. The van der Waals surface area contributed by atoms with Crippen molar-refractivity contribution in [3.63, 3.8) is 0 Å². The second kappa shape index (κ2) is 9.85. The van der Waals surface area contributed by atoms with Gasteiger partial charge in [-0.05, 0) is 82.0 Å². The van der Waals surface area contributed by atoms with E-state index in [-0.39, 0.29) is 6.54 Å². The first-order chi connectivity index (χ1) is 15.9. The van der Waals surface area contributed by atoms with Gasteiger partial charge in [0.2, 0.25) is 10.0 Å². The Balaban J connectivity index is 1.79. The molecular weight excluding hydrogens is 448 g/mol. The van der Waals surface area contributed by atoms with Crippen LogP contribution in [-0.4, -0.2) is 37.9 Å². The number of amides is 1. The van der Waals surface area contributed by atoms with Crippen LogP contribution in [0.3, 0.4) is 0 Å². The Labute approximate surface area is 202 Å². The standard InChI is InChI=1S/C26H32N4O3S/c1-17-11-18(2)13-24(12-17)30-21(5)14-23(22(30)6)15-27-28-25(31)16-29(34(7,32)33)26-19(3)9-8-10-20(26)4/h8-15H,16H2,1-7H3,(H,28,31)/b27-15+. The Morgan fingerprint density at radius 1 is 1.00 bits per heavy atom. The van der Waals surface area contributed by atoms with Crippen LogP contribution in [0.1, 0.15) is 39.2 Å². The van der Waals surface area contributed by atoms with E-state index in [0.717, 1.165) is 44.3 Å². The monoisotopic (exact) mass is 480 g/mol. The number of benzene rings is 2. The molecule has 34 heavy (non-hydrogen) atoms. The van der Waals surface area contributed by atoms with E-state index >= 15 is 0 Å². The molecule has 0 aliphatic rings. The number of hydrogen-bond acceptors (Lipinski definition) is 4. The summed E-state index contributed by atoms with van der Waals surface area (Å²) in [5.74, 6) is -0.521. The first kappa shape index (κ1) is 25.2. The first-order valence-electron chi connectivity index (χ1n) is 11.0. The minimum atomic E-state index is -3.66. The van der Waals surface area contributed by atoms with Gasteiger partial charge >= 0.3 is 0 Å². The Hall–Kier alpha value is -3.39. The number of carbonyl (C=O) groups excluding carboxylic acids is 1. The van der Waals surface area contributed by atoms with Gasteiger partial charge in [-0.15, -0.1) is 0 Å². The summed E-state index contributed by atoms with van der Waals surface area (Å²) in [7, 11) is -3.66. The zero-order chi connectivity index (χ0) is 25.2. The molecule has 0 saturated carbocycles. The summed E-state index contributed by atoms with van der Waals surface area (Å²) in [4.78, 5) is 12.6. The third-order valence-corrected chi connectivity index (χ3v) is 6.82. The van der Waals surface area contributed by atoms with Crippen LogP contribution in [0.25, 0.3) is 5.69 Å². The number of nitrogens with zero attached hydrogens (tertiary/aromatic N) is 3. The minimum Gasteiger partial charge on any atom is -0.318 e. The number of sulfonamides is 1. The van der Waals surface area contributed by atoms with Gasteiger partial charge in [0.15, 0.2) is 0 Å². The van der Waals surface area contributed by atoms with Crippen LogP contribution in [0.5, 0.6) is 0 Å². The molecular formula is C26H32N4O3S. The largest absolute Gasteiger partial charge is 0.318 e. The normalized spacial score (nSPS) is 11.7. The summed E-state index contributed by atoms with van der Waals surface area (Å²) in [6.07, 6.45) is 2.68. The van der Waals surface area contributed by atoms with Gasteiger partial charge in [0, 0.05) is 22.6 Å². The molecule has 0 atom stereocenters. The van der Waals surface area contributed by atoms with Crippen molar-refractivity contribution < 1.29 is 13.2 Å². The van der Waals surface area contributed by atoms with Crippen LogP contribution in [-0.2, 0) is 14.8 Å². The molecule has 8 heteroatoms. The average molecular weight is 481 g/mol. The summed E-state index contributed by atoms with van der Waals surface area (Å²) in [6.45, 7) is 11.4. The second-order valence-corrected chi connectivity index (χ2v) is 10.7. The second-order valence-electron chi connectivity index (χ2n) is 8.81. The van der Waals surface area contributed by atoms with E-state index in [9.17, 15) is 13.2 Å². The van der Waals surface area contributed by atoms with E-state index in [1.54, 1.807) is 6.21 Å². The van der Waals surface area contributed by atoms with Gasteiger partial charge in [-0.3, -0.25) is 9.10 Å². The number of hydrogen-bond donors (Lipinski definition) is 1. The van der Waals surface area contributed by atoms with E-state index in [1.807, 2.05) is 52.0 Å². The zero-order valence-corrected chi connectivity index (χ0v) is 21.6. The molecule has 0 aliphatic heterocycles. The summed E-state index contributed by atoms with van der Waals surface area (Å²) in [5, 5.41) is 4.10. The van der Waals surface area contributed by atoms with Crippen molar-refractivity contribution in [2.75, 3.05) is 17.1 Å². The Bertz CT molecular complexity index is 1330. The van der Waals surface area contributed by atoms with Gasteiger partial charge in [-0.25, -0.2) is 13.8 Å². The summed E-state index contributed by atoms with van der Waals surface area (Å²) < 4.78 is 28.1. The highest BCUT2D eigenvalue weighted by Gasteiger charge is 2.23. The van der Waals surface area contributed by atoms with Crippen molar-refractivity contribution in [3.8, 4) is 5.69 Å². The molecule has 7 nitrogen and oxygen atoms in total. The van der Waals surface area contributed by atoms with E-state index in [0.29, 0.717) is 5.69 Å². The molecule has 0 bridgehead atoms. The van der Waals surface area contributed by atoms with Crippen LogP contribution >= 0.6 is 0 Å². The van der Waals surface area contributed by atoms with E-state index in [2.05, 4.69) is 47.1 Å². The van der Waals surface area contributed by atoms with Gasteiger partial charge in [0.05, 0.1) is 18.2 Å². The molecule has 3 aromatic rings. The zero-order valence-electron chi connectivity index (χ0n) is 20.8. The van der Waals surface area contributed by atoms with Crippen molar-refractivity contribution >= 4 is 27.8 Å². The van der Waals surface area contributed by atoms with Crippen molar-refractivity contribution in [1.29, 1.82) is 0 Å². The van der Waals surface area contributed by atoms with Crippen molar-refractivity contribution in [2.24, 2.45) is 5.10 Å². The maximum Gasteiger partial charge on any atom is 0.260 e. The smallest absolute Gasteiger partial charge is 0.260 e. The first-order valence-corrected chi connectivity index (χ1v) is 12.9. The molecule has 2 aromatic carbocycles. The van der Waals surface area contributed by atoms with E-state index < -0.39 is 15.9 Å². The van der Waals surface area contributed by atoms with Crippen molar-refractivity contribution in [2.45, 2.75) is 41.5 Å². The lowest BCUT2D eigenvalue weighted by molar-refractivity contribution is -0.119. The maximum absolute atomic E-state index is 12.6. The van der Waals surface area contributed by atoms with Crippen LogP contribution in [0.15, 0.2) is 47.6 Å². The molecule has 1 amide bonds. The average Bonchev–Trinajstić information content (AvgIpc) is 2.98. The van der Waals surface area contributed by atoms with Gasteiger partial charge in [-0.2, -0.15) is 5.10 Å². The van der Waals surface area contributed by atoms with Crippen molar-refractivity contribution in [3.05, 3.63) is 81.7 Å². The number of rotatable bonds is 7. The van der Waals surface area contributed by atoms with E-state index in [4.69, 9.17) is 0 Å². The highest BCUT2D eigenvalue weighted by molar-refractivity contribution is 7.92. The fourth-order valence-electron chi connectivity index (χ4n) is 4.30. The fraction of sp³-hybridized carbons (Fsp3) is 0.308. The molecule has 180 valence electrons. The lowest BCUT2D eigenvalue weighted by Gasteiger charge is -2.25. The van der Waals surface area contributed by atoms with Gasteiger partial charge < -0.3 is 4.57 Å². The summed E-state index contributed by atoms with van der Waals surface area (Å²) >= 11 is 0. The van der Waals surface area contributed by atoms with Gasteiger partial charge in [0.1, 0.15) is 6.54 Å². The Kier molecular flexibility index (Phi) is 7.31. The van der Waals surface area contributed by atoms with Crippen LogP contribution < -0.4 is 9.73 Å². The lowest BCUT2D eigenvalue weighted by Crippen LogP contribution is -2.39. The number of aromatic nitrogens is 1. The number of aryl methyl sites for hydroxylation is 5. The number of nitrogens with one attached hydrogen (secondary N) is 1. The number of anilines is 1. The van der Waals surface area contributed by atoms with E-state index in [1.165, 1.54) is 11.1 Å². The van der Waals surface area contributed by atoms with Crippen LogP contribution in [0.4, 0.5) is 5.69 Å². The summed E-state index contributed by atoms with van der Waals surface area (Å²) in [5.41, 5.74) is 10.9. The minimum absolute atomic E-state index is 0.358. The number of para-hydroxylation sites is 1. The highest BCUT2D eigenvalue weighted by Crippen LogP contribution is 2.26. The highest BCUT2D eigenvalue weighted by atomic mass is 32.2. The molecule has 0 unspecified atom stereocenters. The molecule has 1 heterocycles. The Morgan fingerprint density at radius 3 is 2.15 bits per heavy atom. The molecule has 0 radical (unpaired) electrons.